The van der Waals surface area contributed by atoms with Crippen LogP contribution >= 0.6 is 27.5 Å². The van der Waals surface area contributed by atoms with Crippen LogP contribution in [0, 0.1) is 0 Å². The second-order valence-corrected chi connectivity index (χ2v) is 11.3. The van der Waals surface area contributed by atoms with Gasteiger partial charge in [-0.1, -0.05) is 46.6 Å². The zero-order valence-electron chi connectivity index (χ0n) is 19.6. The quantitative estimate of drug-likeness (QED) is 0.403. The molecule has 7 nitrogen and oxygen atoms in total. The summed E-state index contributed by atoms with van der Waals surface area (Å²) in [5, 5.41) is 3.35. The van der Waals surface area contributed by atoms with Crippen molar-refractivity contribution in [3.05, 3.63) is 63.6 Å². The van der Waals surface area contributed by atoms with Crippen molar-refractivity contribution in [3.63, 3.8) is 0 Å². The molecule has 1 atom stereocenters. The molecular weight excluding hydrogens is 542 g/mol. The van der Waals surface area contributed by atoms with Gasteiger partial charge in [-0.25, -0.2) is 8.42 Å². The van der Waals surface area contributed by atoms with E-state index in [2.05, 4.69) is 21.2 Å². The monoisotopic (exact) mass is 571 g/mol. The molecule has 0 fully saturated rings. The molecule has 1 unspecified atom stereocenters. The molecule has 34 heavy (non-hydrogen) atoms. The number of benzene rings is 2. The number of sulfonamides is 1. The van der Waals surface area contributed by atoms with E-state index in [9.17, 15) is 18.0 Å². The fourth-order valence-corrected chi connectivity index (χ4v) is 4.73. The van der Waals surface area contributed by atoms with Gasteiger partial charge in [0.1, 0.15) is 6.04 Å². The van der Waals surface area contributed by atoms with Crippen LogP contribution in [0.3, 0.4) is 0 Å². The molecule has 0 saturated heterocycles. The Balaban J connectivity index is 2.13. The summed E-state index contributed by atoms with van der Waals surface area (Å²) in [7, 11) is -3.54. The standard InChI is InChI=1S/C24H31BrClN3O4S/c1-4-15-27-24(31)18(2)28(17-19-7-9-20(25)10-8-19)23(30)6-5-16-29(34(3,32)33)22-13-11-21(26)12-14-22/h7-14,18H,4-6,15-17H2,1-3H3,(H,27,31). The Morgan fingerprint density at radius 3 is 2.26 bits per heavy atom. The Hall–Kier alpha value is -2.10. The maximum atomic E-state index is 13.2. The van der Waals surface area contributed by atoms with Crippen LogP contribution in [0.2, 0.25) is 5.02 Å². The van der Waals surface area contributed by atoms with Crippen LogP contribution in [-0.4, -0.2) is 50.5 Å². The smallest absolute Gasteiger partial charge is 0.242 e. The van der Waals surface area contributed by atoms with Crippen molar-refractivity contribution in [2.75, 3.05) is 23.7 Å². The number of carbonyl (C=O) groups excluding carboxylic acids is 2. The average Bonchev–Trinajstić information content (AvgIpc) is 2.79. The number of nitrogens with one attached hydrogen (secondary N) is 1. The first-order valence-corrected chi connectivity index (χ1v) is 14.1. The number of carbonyl (C=O) groups is 2. The van der Waals surface area contributed by atoms with Gasteiger partial charge in [0.25, 0.3) is 0 Å². The van der Waals surface area contributed by atoms with Crippen molar-refractivity contribution in [3.8, 4) is 0 Å². The van der Waals surface area contributed by atoms with E-state index in [1.54, 1.807) is 36.1 Å². The van der Waals surface area contributed by atoms with Crippen LogP contribution in [0.25, 0.3) is 0 Å². The number of halogens is 2. The van der Waals surface area contributed by atoms with Crippen LogP contribution in [0.4, 0.5) is 5.69 Å². The molecule has 0 aliphatic rings. The molecule has 0 aliphatic carbocycles. The van der Waals surface area contributed by atoms with Crippen molar-refractivity contribution in [1.82, 2.24) is 10.2 Å². The minimum atomic E-state index is -3.54. The number of nitrogens with zero attached hydrogens (tertiary/aromatic N) is 2. The first-order valence-electron chi connectivity index (χ1n) is 11.1. The first-order chi connectivity index (χ1) is 16.0. The fraction of sp³-hybridized carbons (Fsp3) is 0.417. The highest BCUT2D eigenvalue weighted by molar-refractivity contribution is 9.10. The zero-order valence-corrected chi connectivity index (χ0v) is 22.8. The molecule has 1 N–H and O–H groups in total. The minimum Gasteiger partial charge on any atom is -0.354 e. The van der Waals surface area contributed by atoms with Gasteiger partial charge in [0.2, 0.25) is 21.8 Å². The molecule has 10 heteroatoms. The van der Waals surface area contributed by atoms with E-state index in [1.165, 1.54) is 4.31 Å². The number of amides is 2. The third-order valence-electron chi connectivity index (χ3n) is 5.25. The Kier molecular flexibility index (Phi) is 10.9. The Labute approximate surface area is 215 Å². The summed E-state index contributed by atoms with van der Waals surface area (Å²) in [4.78, 5) is 27.3. The predicted octanol–water partition coefficient (Wildman–Crippen LogP) is 4.59. The second kappa shape index (κ2) is 13.1. The highest BCUT2D eigenvalue weighted by Gasteiger charge is 2.26. The number of rotatable bonds is 12. The normalized spacial score (nSPS) is 12.1. The molecule has 2 amide bonds. The largest absolute Gasteiger partial charge is 0.354 e. The molecule has 0 saturated carbocycles. The molecular formula is C24H31BrClN3O4S. The van der Waals surface area contributed by atoms with E-state index in [1.807, 2.05) is 31.2 Å². The molecule has 2 rings (SSSR count). The van der Waals surface area contributed by atoms with Crippen molar-refractivity contribution >= 4 is 55.1 Å². The van der Waals surface area contributed by atoms with Gasteiger partial charge in [0.15, 0.2) is 0 Å². The second-order valence-electron chi connectivity index (χ2n) is 8.03. The van der Waals surface area contributed by atoms with Crippen molar-refractivity contribution in [1.29, 1.82) is 0 Å². The van der Waals surface area contributed by atoms with Gasteiger partial charge >= 0.3 is 0 Å². The number of hydrogen-bond donors (Lipinski definition) is 1. The van der Waals surface area contributed by atoms with Gasteiger partial charge in [-0.05, 0) is 61.7 Å². The van der Waals surface area contributed by atoms with Crippen molar-refractivity contribution < 1.29 is 18.0 Å². The SMILES string of the molecule is CCCNC(=O)C(C)N(Cc1ccc(Br)cc1)C(=O)CCCN(c1ccc(Cl)cc1)S(C)(=O)=O. The molecule has 0 aromatic heterocycles. The maximum absolute atomic E-state index is 13.2. The molecule has 186 valence electrons. The van der Waals surface area contributed by atoms with E-state index in [0.717, 1.165) is 22.7 Å². The Morgan fingerprint density at radius 1 is 1.09 bits per heavy atom. The van der Waals surface area contributed by atoms with Gasteiger partial charge in [0, 0.05) is 35.6 Å². The summed E-state index contributed by atoms with van der Waals surface area (Å²) in [6, 6.07) is 13.4. The Morgan fingerprint density at radius 2 is 1.71 bits per heavy atom. The maximum Gasteiger partial charge on any atom is 0.242 e. The molecule has 2 aromatic rings. The fourth-order valence-electron chi connectivity index (χ4n) is 3.38. The Bertz CT molecular complexity index is 1060. The van der Waals surface area contributed by atoms with Crippen LogP contribution in [0.15, 0.2) is 53.0 Å². The van der Waals surface area contributed by atoms with Crippen LogP contribution in [0.5, 0.6) is 0 Å². The molecule has 0 aliphatic heterocycles. The summed E-state index contributed by atoms with van der Waals surface area (Å²) >= 11 is 9.32. The van der Waals surface area contributed by atoms with E-state index in [4.69, 9.17) is 11.6 Å². The summed E-state index contributed by atoms with van der Waals surface area (Å²) < 4.78 is 26.8. The van der Waals surface area contributed by atoms with Crippen LogP contribution < -0.4 is 9.62 Å². The molecule has 0 spiro atoms. The topological polar surface area (TPSA) is 86.8 Å². The van der Waals surface area contributed by atoms with Crippen molar-refractivity contribution in [2.24, 2.45) is 0 Å². The van der Waals surface area contributed by atoms with Gasteiger partial charge < -0.3 is 10.2 Å². The lowest BCUT2D eigenvalue weighted by Crippen LogP contribution is -2.47. The van der Waals surface area contributed by atoms with E-state index >= 15 is 0 Å². The number of hydrogen-bond acceptors (Lipinski definition) is 4. The summed E-state index contributed by atoms with van der Waals surface area (Å²) in [6.45, 7) is 4.62. The van der Waals surface area contributed by atoms with Gasteiger partial charge in [0.05, 0.1) is 11.9 Å². The summed E-state index contributed by atoms with van der Waals surface area (Å²) in [5.74, 6) is -0.433. The van der Waals surface area contributed by atoms with Crippen LogP contribution in [-0.2, 0) is 26.2 Å². The van der Waals surface area contributed by atoms with Gasteiger partial charge in [-0.3, -0.25) is 13.9 Å². The average molecular weight is 573 g/mol. The third-order valence-corrected chi connectivity index (χ3v) is 7.22. The van der Waals surface area contributed by atoms with E-state index in [0.29, 0.717) is 23.7 Å². The van der Waals surface area contributed by atoms with Gasteiger partial charge in [-0.2, -0.15) is 0 Å². The highest BCUT2D eigenvalue weighted by Crippen LogP contribution is 2.21. The molecule has 2 aromatic carbocycles. The molecule has 0 radical (unpaired) electrons. The lowest BCUT2D eigenvalue weighted by molar-refractivity contribution is -0.140. The van der Waals surface area contributed by atoms with E-state index < -0.39 is 16.1 Å². The highest BCUT2D eigenvalue weighted by atomic mass is 79.9. The van der Waals surface area contributed by atoms with Crippen LogP contribution in [0.1, 0.15) is 38.7 Å². The first kappa shape index (κ1) is 28.1. The minimum absolute atomic E-state index is 0.0987. The predicted molar refractivity (Wildman–Crippen MR) is 140 cm³/mol. The lowest BCUT2D eigenvalue weighted by atomic mass is 10.1. The number of anilines is 1. The van der Waals surface area contributed by atoms with Gasteiger partial charge in [-0.15, -0.1) is 0 Å². The summed E-state index contributed by atoms with van der Waals surface area (Å²) in [6.07, 6.45) is 2.32. The lowest BCUT2D eigenvalue weighted by Gasteiger charge is -2.29. The van der Waals surface area contributed by atoms with E-state index in [-0.39, 0.29) is 31.3 Å². The zero-order chi connectivity index (χ0) is 25.3. The molecule has 0 heterocycles. The third kappa shape index (κ3) is 8.60. The van der Waals surface area contributed by atoms with Crippen molar-refractivity contribution in [2.45, 2.75) is 45.7 Å². The summed E-state index contributed by atoms with van der Waals surface area (Å²) in [5.41, 5.74) is 1.38. The molecule has 0 bridgehead atoms.